The van der Waals surface area contributed by atoms with Crippen molar-refractivity contribution in [3.63, 3.8) is 0 Å². The maximum Gasteiger partial charge on any atom is 0.257 e. The number of aryl methyl sites for hydroxylation is 1. The van der Waals surface area contributed by atoms with Crippen LogP contribution in [0.5, 0.6) is 0 Å². The van der Waals surface area contributed by atoms with Gasteiger partial charge in [-0.3, -0.25) is 9.78 Å². The highest BCUT2D eigenvalue weighted by Gasteiger charge is 2.14. The molecule has 0 atom stereocenters. The zero-order valence-electron chi connectivity index (χ0n) is 13.2. The van der Waals surface area contributed by atoms with Crippen LogP contribution in [0.15, 0.2) is 59.1 Å². The molecule has 1 heterocycles. The summed E-state index contributed by atoms with van der Waals surface area (Å²) in [6, 6.07) is 14.0. The molecule has 2 aromatic carbocycles. The van der Waals surface area contributed by atoms with Crippen molar-refractivity contribution in [3.8, 4) is 11.3 Å². The van der Waals surface area contributed by atoms with Gasteiger partial charge in [-0.1, -0.05) is 28.1 Å². The molecule has 0 unspecified atom stereocenters. The molecule has 0 aliphatic rings. The number of hydrogen-bond donors (Lipinski definition) is 1. The number of pyridine rings is 1. The van der Waals surface area contributed by atoms with E-state index in [0.29, 0.717) is 11.3 Å². The van der Waals surface area contributed by atoms with E-state index in [9.17, 15) is 13.6 Å². The topological polar surface area (TPSA) is 42.0 Å². The first-order valence-corrected chi connectivity index (χ1v) is 8.23. The van der Waals surface area contributed by atoms with E-state index in [0.717, 1.165) is 27.9 Å². The number of hydrogen-bond acceptors (Lipinski definition) is 2. The molecule has 1 aromatic heterocycles. The molecule has 1 N–H and O–H groups in total. The van der Waals surface area contributed by atoms with Gasteiger partial charge in [-0.25, -0.2) is 8.78 Å². The first-order valence-electron chi connectivity index (χ1n) is 7.44. The molecule has 126 valence electrons. The van der Waals surface area contributed by atoms with E-state index in [1.807, 2.05) is 24.3 Å². The SMILES string of the molecule is Cc1nc(-c2cccc(Br)c2)ccc1C(=O)Nc1ccc(F)cc1F. The highest BCUT2D eigenvalue weighted by Crippen LogP contribution is 2.23. The van der Waals surface area contributed by atoms with Crippen molar-refractivity contribution in [3.05, 3.63) is 82.0 Å². The first-order chi connectivity index (χ1) is 11.9. The van der Waals surface area contributed by atoms with E-state index in [-0.39, 0.29) is 5.69 Å². The Labute approximate surface area is 151 Å². The van der Waals surface area contributed by atoms with Crippen LogP contribution in [0.4, 0.5) is 14.5 Å². The third-order valence-corrected chi connectivity index (χ3v) is 4.12. The van der Waals surface area contributed by atoms with Crippen molar-refractivity contribution in [2.24, 2.45) is 0 Å². The highest BCUT2D eigenvalue weighted by atomic mass is 79.9. The summed E-state index contributed by atoms with van der Waals surface area (Å²) >= 11 is 3.41. The molecule has 25 heavy (non-hydrogen) atoms. The number of halogens is 3. The van der Waals surface area contributed by atoms with Gasteiger partial charge in [-0.15, -0.1) is 0 Å². The second-order valence-corrected chi connectivity index (χ2v) is 6.33. The Hall–Kier alpha value is -2.60. The number of nitrogens with one attached hydrogen (secondary N) is 1. The Morgan fingerprint density at radius 1 is 1.08 bits per heavy atom. The Morgan fingerprint density at radius 2 is 1.88 bits per heavy atom. The molecular weight excluding hydrogens is 390 g/mol. The Kier molecular flexibility index (Phi) is 4.90. The summed E-state index contributed by atoms with van der Waals surface area (Å²) in [4.78, 5) is 16.8. The van der Waals surface area contributed by atoms with Crippen molar-refractivity contribution in [2.45, 2.75) is 6.92 Å². The Balaban J connectivity index is 1.86. The summed E-state index contributed by atoms with van der Waals surface area (Å²) < 4.78 is 27.5. The molecule has 0 spiro atoms. The number of nitrogens with zero attached hydrogens (tertiary/aromatic N) is 1. The third-order valence-electron chi connectivity index (χ3n) is 3.63. The zero-order valence-corrected chi connectivity index (χ0v) is 14.8. The fourth-order valence-electron chi connectivity index (χ4n) is 2.39. The second kappa shape index (κ2) is 7.11. The molecule has 3 nitrogen and oxygen atoms in total. The van der Waals surface area contributed by atoms with E-state index >= 15 is 0 Å². The fraction of sp³-hybridized carbons (Fsp3) is 0.0526. The molecule has 3 aromatic rings. The van der Waals surface area contributed by atoms with Crippen molar-refractivity contribution < 1.29 is 13.6 Å². The number of aromatic nitrogens is 1. The van der Waals surface area contributed by atoms with Crippen LogP contribution in [0.3, 0.4) is 0 Å². The molecule has 0 saturated carbocycles. The monoisotopic (exact) mass is 402 g/mol. The number of amides is 1. The average Bonchev–Trinajstić information content (AvgIpc) is 2.57. The van der Waals surface area contributed by atoms with Crippen LogP contribution in [0.1, 0.15) is 16.1 Å². The van der Waals surface area contributed by atoms with Crippen LogP contribution >= 0.6 is 15.9 Å². The van der Waals surface area contributed by atoms with Gasteiger partial charge < -0.3 is 5.32 Å². The van der Waals surface area contributed by atoms with Crippen molar-refractivity contribution in [1.29, 1.82) is 0 Å². The van der Waals surface area contributed by atoms with Crippen molar-refractivity contribution >= 4 is 27.5 Å². The smallest absolute Gasteiger partial charge is 0.257 e. The number of rotatable bonds is 3. The van der Waals surface area contributed by atoms with E-state index in [2.05, 4.69) is 26.2 Å². The van der Waals surface area contributed by atoms with Gasteiger partial charge in [0.15, 0.2) is 0 Å². The molecule has 0 fully saturated rings. The van der Waals surface area contributed by atoms with E-state index < -0.39 is 17.5 Å². The first kappa shape index (κ1) is 17.2. The molecule has 0 aliphatic carbocycles. The van der Waals surface area contributed by atoms with Crippen LogP contribution in [-0.2, 0) is 0 Å². The van der Waals surface area contributed by atoms with Gasteiger partial charge in [0, 0.05) is 16.1 Å². The van der Waals surface area contributed by atoms with Gasteiger partial charge in [-0.05, 0) is 43.3 Å². The third kappa shape index (κ3) is 3.91. The van der Waals surface area contributed by atoms with E-state index in [1.165, 1.54) is 6.07 Å². The minimum Gasteiger partial charge on any atom is -0.319 e. The van der Waals surface area contributed by atoms with Crippen molar-refractivity contribution in [1.82, 2.24) is 4.98 Å². The lowest BCUT2D eigenvalue weighted by Crippen LogP contribution is -2.15. The normalized spacial score (nSPS) is 10.6. The second-order valence-electron chi connectivity index (χ2n) is 5.42. The lowest BCUT2D eigenvalue weighted by molar-refractivity contribution is 0.102. The number of anilines is 1. The van der Waals surface area contributed by atoms with Gasteiger partial charge in [0.05, 0.1) is 22.6 Å². The molecule has 1 amide bonds. The van der Waals surface area contributed by atoms with E-state index in [4.69, 9.17) is 0 Å². The summed E-state index contributed by atoms with van der Waals surface area (Å²) in [6.07, 6.45) is 0. The largest absolute Gasteiger partial charge is 0.319 e. The Morgan fingerprint density at radius 3 is 2.56 bits per heavy atom. The van der Waals surface area contributed by atoms with Crippen LogP contribution < -0.4 is 5.32 Å². The van der Waals surface area contributed by atoms with Crippen LogP contribution in [0.25, 0.3) is 11.3 Å². The Bertz CT molecular complexity index is 960. The summed E-state index contributed by atoms with van der Waals surface area (Å²) in [5.41, 5.74) is 2.39. The number of benzene rings is 2. The fourth-order valence-corrected chi connectivity index (χ4v) is 2.79. The molecule has 6 heteroatoms. The van der Waals surface area contributed by atoms with Crippen LogP contribution in [0, 0.1) is 18.6 Å². The van der Waals surface area contributed by atoms with Gasteiger partial charge in [0.2, 0.25) is 0 Å². The highest BCUT2D eigenvalue weighted by molar-refractivity contribution is 9.10. The zero-order chi connectivity index (χ0) is 18.0. The predicted molar refractivity (Wildman–Crippen MR) is 96.4 cm³/mol. The van der Waals surface area contributed by atoms with Crippen LogP contribution in [0.2, 0.25) is 0 Å². The standard InChI is InChI=1S/C19H13BrF2N2O/c1-11-15(19(25)24-18-7-5-14(21)10-16(18)22)6-8-17(23-11)12-3-2-4-13(20)9-12/h2-10H,1H3,(H,24,25). The summed E-state index contributed by atoms with van der Waals surface area (Å²) in [7, 11) is 0. The van der Waals surface area contributed by atoms with Gasteiger partial charge in [-0.2, -0.15) is 0 Å². The molecule has 0 radical (unpaired) electrons. The molecule has 3 rings (SSSR count). The summed E-state index contributed by atoms with van der Waals surface area (Å²) in [5.74, 6) is -2.03. The molecule has 0 bridgehead atoms. The summed E-state index contributed by atoms with van der Waals surface area (Å²) in [5, 5.41) is 2.43. The molecule has 0 aliphatic heterocycles. The summed E-state index contributed by atoms with van der Waals surface area (Å²) in [6.45, 7) is 1.71. The maximum absolute atomic E-state index is 13.7. The minimum atomic E-state index is -0.829. The van der Waals surface area contributed by atoms with Gasteiger partial charge in [0.25, 0.3) is 5.91 Å². The number of carbonyl (C=O) groups excluding carboxylic acids is 1. The lowest BCUT2D eigenvalue weighted by atomic mass is 10.1. The average molecular weight is 403 g/mol. The van der Waals surface area contributed by atoms with Gasteiger partial charge in [0.1, 0.15) is 11.6 Å². The minimum absolute atomic E-state index is 0.0816. The quantitative estimate of drug-likeness (QED) is 0.641. The lowest BCUT2D eigenvalue weighted by Gasteiger charge is -2.10. The van der Waals surface area contributed by atoms with Crippen LogP contribution in [-0.4, -0.2) is 10.9 Å². The van der Waals surface area contributed by atoms with Gasteiger partial charge >= 0.3 is 0 Å². The molecular formula is C19H13BrF2N2O. The van der Waals surface area contributed by atoms with E-state index in [1.54, 1.807) is 19.1 Å². The maximum atomic E-state index is 13.7. The number of carbonyl (C=O) groups is 1. The van der Waals surface area contributed by atoms with Crippen molar-refractivity contribution in [2.75, 3.05) is 5.32 Å². The predicted octanol–water partition coefficient (Wildman–Crippen LogP) is 5.35. The molecule has 0 saturated heterocycles.